The van der Waals surface area contributed by atoms with E-state index < -0.39 is 0 Å². The fourth-order valence-electron chi connectivity index (χ4n) is 3.80. The Balaban J connectivity index is 2.39. The van der Waals surface area contributed by atoms with E-state index in [0.29, 0.717) is 6.54 Å². The number of nitrogens with two attached hydrogens (primary N) is 1. The van der Waals surface area contributed by atoms with Gasteiger partial charge in [-0.05, 0) is 31.1 Å². The van der Waals surface area contributed by atoms with Crippen LogP contribution in [0.15, 0.2) is 0 Å². The normalized spacial score (nSPS) is 23.0. The van der Waals surface area contributed by atoms with Crippen LogP contribution in [0.2, 0.25) is 0 Å². The van der Waals surface area contributed by atoms with E-state index in [2.05, 4.69) is 26.1 Å². The molecule has 1 amide bonds. The molecule has 1 aliphatic rings. The van der Waals surface area contributed by atoms with E-state index in [1.807, 2.05) is 0 Å². The molecule has 0 aromatic rings. The summed E-state index contributed by atoms with van der Waals surface area (Å²) in [5.41, 5.74) is 5.62. The number of amides is 1. The first kappa shape index (κ1) is 18.5. The molecule has 3 nitrogen and oxygen atoms in total. The quantitative estimate of drug-likeness (QED) is 0.678. The fourth-order valence-corrected chi connectivity index (χ4v) is 3.80. The number of carbonyl (C=O) groups excluding carboxylic acids is 1. The summed E-state index contributed by atoms with van der Waals surface area (Å²) < 4.78 is 0. The Morgan fingerprint density at radius 3 is 2.19 bits per heavy atom. The van der Waals surface area contributed by atoms with Crippen molar-refractivity contribution in [3.63, 3.8) is 0 Å². The third-order valence-corrected chi connectivity index (χ3v) is 5.30. The average Bonchev–Trinajstić information content (AvgIpc) is 2.48. The first-order valence-corrected chi connectivity index (χ1v) is 9.06. The van der Waals surface area contributed by atoms with Crippen LogP contribution in [0.3, 0.4) is 0 Å². The molecule has 1 fully saturated rings. The van der Waals surface area contributed by atoms with Crippen LogP contribution in [0.25, 0.3) is 0 Å². The van der Waals surface area contributed by atoms with Crippen LogP contribution in [0.1, 0.15) is 78.6 Å². The van der Waals surface area contributed by atoms with E-state index in [4.69, 9.17) is 5.73 Å². The Morgan fingerprint density at radius 2 is 1.71 bits per heavy atom. The van der Waals surface area contributed by atoms with Crippen molar-refractivity contribution in [1.29, 1.82) is 0 Å². The van der Waals surface area contributed by atoms with Crippen LogP contribution >= 0.6 is 0 Å². The van der Waals surface area contributed by atoms with Crippen LogP contribution in [-0.2, 0) is 4.79 Å². The minimum atomic E-state index is -0.329. The monoisotopic (exact) mass is 296 g/mol. The Kier molecular flexibility index (Phi) is 8.31. The summed E-state index contributed by atoms with van der Waals surface area (Å²) in [6, 6.07) is 0. The van der Waals surface area contributed by atoms with Crippen LogP contribution in [0.4, 0.5) is 0 Å². The van der Waals surface area contributed by atoms with Gasteiger partial charge in [0.05, 0.1) is 5.41 Å². The summed E-state index contributed by atoms with van der Waals surface area (Å²) in [5, 5.41) is 3.18. The Hall–Kier alpha value is -0.570. The van der Waals surface area contributed by atoms with Crippen molar-refractivity contribution in [3.05, 3.63) is 0 Å². The maximum absolute atomic E-state index is 12.6. The zero-order chi connectivity index (χ0) is 15.7. The van der Waals surface area contributed by atoms with E-state index in [1.165, 1.54) is 25.7 Å². The number of nitrogens with one attached hydrogen (secondary N) is 1. The topological polar surface area (TPSA) is 55.1 Å². The summed E-state index contributed by atoms with van der Waals surface area (Å²) in [5.74, 6) is 1.90. The van der Waals surface area contributed by atoms with Crippen LogP contribution in [-0.4, -0.2) is 19.0 Å². The maximum atomic E-state index is 12.6. The van der Waals surface area contributed by atoms with Gasteiger partial charge in [-0.3, -0.25) is 4.79 Å². The van der Waals surface area contributed by atoms with Crippen molar-refractivity contribution in [2.75, 3.05) is 13.1 Å². The number of hydrogen-bond donors (Lipinski definition) is 2. The van der Waals surface area contributed by atoms with Crippen molar-refractivity contribution < 1.29 is 4.79 Å². The molecule has 124 valence electrons. The standard InChI is InChI=1S/C18H36N2O/c1-4-11-18(14-19,12-5-2)17(21)20-13-10-16-8-6-15(3)7-9-16/h15-16H,4-14,19H2,1-3H3,(H,20,21). The largest absolute Gasteiger partial charge is 0.356 e. The molecule has 0 unspecified atom stereocenters. The summed E-state index contributed by atoms with van der Waals surface area (Å²) in [6.45, 7) is 7.92. The maximum Gasteiger partial charge on any atom is 0.227 e. The molecule has 0 atom stereocenters. The van der Waals surface area contributed by atoms with Crippen LogP contribution in [0, 0.1) is 17.3 Å². The minimum Gasteiger partial charge on any atom is -0.356 e. The molecule has 0 radical (unpaired) electrons. The molecule has 1 saturated carbocycles. The van der Waals surface area contributed by atoms with Crippen molar-refractivity contribution in [2.24, 2.45) is 23.0 Å². The average molecular weight is 296 g/mol. The molecular weight excluding hydrogens is 260 g/mol. The molecule has 0 saturated heterocycles. The number of hydrogen-bond acceptors (Lipinski definition) is 2. The Bertz CT molecular complexity index is 290. The minimum absolute atomic E-state index is 0.192. The highest BCUT2D eigenvalue weighted by molar-refractivity contribution is 5.82. The lowest BCUT2D eigenvalue weighted by atomic mass is 9.78. The molecule has 0 spiro atoms. The van der Waals surface area contributed by atoms with E-state index >= 15 is 0 Å². The Morgan fingerprint density at radius 1 is 1.14 bits per heavy atom. The highest BCUT2D eigenvalue weighted by Gasteiger charge is 2.35. The molecule has 1 aliphatic carbocycles. The molecule has 1 rings (SSSR count). The first-order valence-electron chi connectivity index (χ1n) is 9.06. The molecule has 0 aromatic heterocycles. The van der Waals surface area contributed by atoms with Crippen LogP contribution < -0.4 is 11.1 Å². The summed E-state index contributed by atoms with van der Waals surface area (Å²) in [6.07, 6.45) is 10.4. The highest BCUT2D eigenvalue weighted by Crippen LogP contribution is 2.31. The van der Waals surface area contributed by atoms with Gasteiger partial charge >= 0.3 is 0 Å². The van der Waals surface area contributed by atoms with Crippen molar-refractivity contribution in [1.82, 2.24) is 5.32 Å². The van der Waals surface area contributed by atoms with Gasteiger partial charge < -0.3 is 11.1 Å². The summed E-state index contributed by atoms with van der Waals surface area (Å²) in [4.78, 5) is 12.6. The molecule has 3 heteroatoms. The zero-order valence-corrected chi connectivity index (χ0v) is 14.4. The highest BCUT2D eigenvalue weighted by atomic mass is 16.2. The van der Waals surface area contributed by atoms with Crippen LogP contribution in [0.5, 0.6) is 0 Å². The van der Waals surface area contributed by atoms with Gasteiger partial charge in [-0.2, -0.15) is 0 Å². The van der Waals surface area contributed by atoms with Gasteiger partial charge in [-0.25, -0.2) is 0 Å². The SMILES string of the molecule is CCCC(CN)(CCC)C(=O)NCCC1CCC(C)CC1. The molecule has 0 aliphatic heterocycles. The smallest absolute Gasteiger partial charge is 0.227 e. The Labute approximate surface area is 131 Å². The number of rotatable bonds is 9. The second-order valence-corrected chi connectivity index (χ2v) is 7.15. The summed E-state index contributed by atoms with van der Waals surface area (Å²) in [7, 11) is 0. The molecule has 3 N–H and O–H groups in total. The van der Waals surface area contributed by atoms with Gasteiger partial charge in [-0.1, -0.05) is 59.3 Å². The van der Waals surface area contributed by atoms with Gasteiger partial charge in [-0.15, -0.1) is 0 Å². The van der Waals surface area contributed by atoms with Gasteiger partial charge in [0.1, 0.15) is 0 Å². The second-order valence-electron chi connectivity index (χ2n) is 7.15. The third kappa shape index (κ3) is 5.61. The van der Waals surface area contributed by atoms with E-state index in [0.717, 1.165) is 50.5 Å². The van der Waals surface area contributed by atoms with Gasteiger partial charge in [0.25, 0.3) is 0 Å². The second kappa shape index (κ2) is 9.45. The van der Waals surface area contributed by atoms with E-state index in [9.17, 15) is 4.79 Å². The zero-order valence-electron chi connectivity index (χ0n) is 14.4. The van der Waals surface area contributed by atoms with Gasteiger partial charge in [0.15, 0.2) is 0 Å². The van der Waals surface area contributed by atoms with Crippen molar-refractivity contribution in [3.8, 4) is 0 Å². The lowest BCUT2D eigenvalue weighted by Crippen LogP contribution is -2.46. The lowest BCUT2D eigenvalue weighted by molar-refractivity contribution is -0.131. The molecular formula is C18H36N2O. The predicted octanol–water partition coefficient (Wildman–Crippen LogP) is 3.86. The fraction of sp³-hybridized carbons (Fsp3) is 0.944. The molecule has 21 heavy (non-hydrogen) atoms. The van der Waals surface area contributed by atoms with Gasteiger partial charge in [0, 0.05) is 13.1 Å². The van der Waals surface area contributed by atoms with Gasteiger partial charge in [0.2, 0.25) is 5.91 Å². The molecule has 0 aromatic carbocycles. The first-order chi connectivity index (χ1) is 10.1. The number of carbonyl (C=O) groups is 1. The third-order valence-electron chi connectivity index (χ3n) is 5.30. The molecule has 0 bridgehead atoms. The predicted molar refractivity (Wildman–Crippen MR) is 90.1 cm³/mol. The molecule has 0 heterocycles. The van der Waals surface area contributed by atoms with E-state index in [-0.39, 0.29) is 11.3 Å². The van der Waals surface area contributed by atoms with Crippen molar-refractivity contribution in [2.45, 2.75) is 78.6 Å². The summed E-state index contributed by atoms with van der Waals surface area (Å²) >= 11 is 0. The van der Waals surface area contributed by atoms with E-state index in [1.54, 1.807) is 0 Å². The van der Waals surface area contributed by atoms with Crippen molar-refractivity contribution >= 4 is 5.91 Å². The lowest BCUT2D eigenvalue weighted by Gasteiger charge is -2.31.